The predicted molar refractivity (Wildman–Crippen MR) is 113 cm³/mol. The van der Waals surface area contributed by atoms with Crippen LogP contribution < -0.4 is 4.72 Å². The molecular weight excluding hydrogens is 392 g/mol. The van der Waals surface area contributed by atoms with Gasteiger partial charge in [-0.05, 0) is 67.7 Å². The Morgan fingerprint density at radius 1 is 1.21 bits per heavy atom. The molecule has 0 amide bonds. The summed E-state index contributed by atoms with van der Waals surface area (Å²) in [6.45, 7) is 5.59. The van der Waals surface area contributed by atoms with Gasteiger partial charge < -0.3 is 4.90 Å². The minimum Gasteiger partial charge on any atom is -0.303 e. The quantitative estimate of drug-likeness (QED) is 0.634. The van der Waals surface area contributed by atoms with Crippen molar-refractivity contribution in [3.63, 3.8) is 0 Å². The molecule has 1 atom stereocenters. The van der Waals surface area contributed by atoms with Crippen LogP contribution in [0.1, 0.15) is 31.2 Å². The van der Waals surface area contributed by atoms with E-state index in [1.54, 1.807) is 35.3 Å². The average Bonchev–Trinajstić information content (AvgIpc) is 3.43. The molecule has 1 aliphatic heterocycles. The molecule has 3 aromatic rings. The number of hydrogen-bond donors (Lipinski definition) is 1. The van der Waals surface area contributed by atoms with E-state index in [4.69, 9.17) is 0 Å². The maximum Gasteiger partial charge on any atom is 0.271 e. The van der Waals surface area contributed by atoms with Gasteiger partial charge in [0.15, 0.2) is 0 Å². The van der Waals surface area contributed by atoms with Gasteiger partial charge in [0.1, 0.15) is 9.21 Å². The third-order valence-electron chi connectivity index (χ3n) is 5.01. The lowest BCUT2D eigenvalue weighted by atomic mass is 9.98. The lowest BCUT2D eigenvalue weighted by Crippen LogP contribution is -2.20. The average molecular weight is 417 g/mol. The maximum atomic E-state index is 12.7. The number of rotatable bonds is 7. The number of sulfonamides is 1. The smallest absolute Gasteiger partial charge is 0.271 e. The third-order valence-corrected chi connectivity index (χ3v) is 7.96. The zero-order valence-corrected chi connectivity index (χ0v) is 17.4. The van der Waals surface area contributed by atoms with Crippen LogP contribution in [0.15, 0.2) is 59.1 Å². The highest BCUT2D eigenvalue weighted by molar-refractivity contribution is 7.94. The minimum atomic E-state index is -3.61. The molecule has 0 bridgehead atoms. The molecule has 6 nitrogen and oxygen atoms in total. The molecule has 0 radical (unpaired) electrons. The first-order chi connectivity index (χ1) is 13.5. The van der Waals surface area contributed by atoms with Crippen molar-refractivity contribution < 1.29 is 8.42 Å². The van der Waals surface area contributed by atoms with Crippen molar-refractivity contribution in [2.75, 3.05) is 24.4 Å². The van der Waals surface area contributed by atoms with Crippen molar-refractivity contribution in [2.24, 2.45) is 0 Å². The highest BCUT2D eigenvalue weighted by Gasteiger charge is 2.23. The molecule has 1 aliphatic rings. The fourth-order valence-electron chi connectivity index (χ4n) is 3.63. The Morgan fingerprint density at radius 3 is 2.75 bits per heavy atom. The molecule has 0 saturated carbocycles. The summed E-state index contributed by atoms with van der Waals surface area (Å²) in [7, 11) is -3.61. The summed E-state index contributed by atoms with van der Waals surface area (Å²) in [4.78, 5) is 2.50. The van der Waals surface area contributed by atoms with E-state index < -0.39 is 10.0 Å². The first-order valence-electron chi connectivity index (χ1n) is 9.50. The zero-order chi connectivity index (χ0) is 19.6. The van der Waals surface area contributed by atoms with E-state index >= 15 is 0 Å². The van der Waals surface area contributed by atoms with Gasteiger partial charge in [0.2, 0.25) is 0 Å². The molecule has 1 saturated heterocycles. The van der Waals surface area contributed by atoms with E-state index in [2.05, 4.69) is 21.6 Å². The van der Waals surface area contributed by atoms with Gasteiger partial charge in [-0.15, -0.1) is 11.3 Å². The number of nitrogens with one attached hydrogen (secondary N) is 1. The summed E-state index contributed by atoms with van der Waals surface area (Å²) in [5.41, 5.74) is 1.86. The number of anilines is 1. The van der Waals surface area contributed by atoms with Crippen LogP contribution in [0, 0.1) is 0 Å². The largest absolute Gasteiger partial charge is 0.303 e. The molecule has 1 fully saturated rings. The second kappa shape index (κ2) is 8.06. The van der Waals surface area contributed by atoms with E-state index in [1.165, 1.54) is 23.3 Å². The lowest BCUT2D eigenvalue weighted by Gasteiger charge is -2.15. The van der Waals surface area contributed by atoms with Crippen LogP contribution in [0.2, 0.25) is 0 Å². The summed E-state index contributed by atoms with van der Waals surface area (Å²) < 4.78 is 30.0. The zero-order valence-electron chi connectivity index (χ0n) is 15.8. The van der Waals surface area contributed by atoms with E-state index in [0.717, 1.165) is 31.1 Å². The second-order valence-electron chi connectivity index (χ2n) is 7.06. The second-order valence-corrected chi connectivity index (χ2v) is 10.0. The third kappa shape index (κ3) is 4.14. The number of hydrogen-bond acceptors (Lipinski definition) is 5. The Bertz CT molecular complexity index is 1010. The normalized spacial score (nSPS) is 17.8. The number of benzene rings is 1. The van der Waals surface area contributed by atoms with Gasteiger partial charge in [-0.1, -0.05) is 19.1 Å². The van der Waals surface area contributed by atoms with Crippen LogP contribution in [0.5, 0.6) is 0 Å². The topological polar surface area (TPSA) is 67.2 Å². The van der Waals surface area contributed by atoms with Crippen LogP contribution in [0.3, 0.4) is 0 Å². The number of likely N-dealkylation sites (tertiary alicyclic amines) is 1. The van der Waals surface area contributed by atoms with Crippen molar-refractivity contribution >= 4 is 27.0 Å². The summed E-state index contributed by atoms with van der Waals surface area (Å²) in [5, 5.41) is 4.90. The molecule has 8 heteroatoms. The van der Waals surface area contributed by atoms with Crippen LogP contribution in [0.4, 0.5) is 5.69 Å². The maximum absolute atomic E-state index is 12.7. The van der Waals surface area contributed by atoms with E-state index in [1.807, 2.05) is 24.3 Å². The molecule has 1 N–H and O–H groups in total. The Balaban J connectivity index is 1.44. The Hall–Kier alpha value is -2.16. The Morgan fingerprint density at radius 2 is 2.04 bits per heavy atom. The van der Waals surface area contributed by atoms with Gasteiger partial charge >= 0.3 is 0 Å². The Labute approximate surface area is 169 Å². The standard InChI is InChI=1S/C20H24N4O2S2/c1-2-12-23-14-10-17(15-23)16-4-6-18(7-5-16)22-28(25,26)20-9-8-19(27-20)24-13-3-11-21-24/h3-9,11,13,17,22H,2,10,12,14-15H2,1H3/t17-/m1/s1. The minimum absolute atomic E-state index is 0.271. The van der Waals surface area contributed by atoms with Crippen molar-refractivity contribution in [3.05, 3.63) is 60.4 Å². The van der Waals surface area contributed by atoms with E-state index in [9.17, 15) is 8.42 Å². The summed E-state index contributed by atoms with van der Waals surface area (Å²) in [5.74, 6) is 0.533. The summed E-state index contributed by atoms with van der Waals surface area (Å²) >= 11 is 1.19. The number of nitrogens with zero attached hydrogens (tertiary/aromatic N) is 3. The van der Waals surface area contributed by atoms with E-state index in [0.29, 0.717) is 11.6 Å². The van der Waals surface area contributed by atoms with Crippen molar-refractivity contribution in [2.45, 2.75) is 29.9 Å². The van der Waals surface area contributed by atoms with Crippen LogP contribution >= 0.6 is 11.3 Å². The molecule has 2 aromatic heterocycles. The summed E-state index contributed by atoms with van der Waals surface area (Å²) in [6.07, 6.45) is 5.80. The van der Waals surface area contributed by atoms with Crippen LogP contribution in [-0.4, -0.2) is 42.7 Å². The van der Waals surface area contributed by atoms with Crippen molar-refractivity contribution in [3.8, 4) is 5.00 Å². The van der Waals surface area contributed by atoms with Gasteiger partial charge in [-0.25, -0.2) is 13.1 Å². The highest BCUT2D eigenvalue weighted by Crippen LogP contribution is 2.30. The van der Waals surface area contributed by atoms with Gasteiger partial charge in [0, 0.05) is 24.6 Å². The van der Waals surface area contributed by atoms with Crippen LogP contribution in [-0.2, 0) is 10.0 Å². The fraction of sp³-hybridized carbons (Fsp3) is 0.350. The molecule has 148 valence electrons. The molecular formula is C20H24N4O2S2. The van der Waals surface area contributed by atoms with Gasteiger partial charge in [-0.2, -0.15) is 5.10 Å². The fourth-order valence-corrected chi connectivity index (χ4v) is 5.92. The van der Waals surface area contributed by atoms with Gasteiger partial charge in [0.05, 0.1) is 0 Å². The lowest BCUT2D eigenvalue weighted by molar-refractivity contribution is 0.335. The highest BCUT2D eigenvalue weighted by atomic mass is 32.2. The van der Waals surface area contributed by atoms with Crippen molar-refractivity contribution in [1.29, 1.82) is 0 Å². The number of aromatic nitrogens is 2. The van der Waals surface area contributed by atoms with Gasteiger partial charge in [-0.3, -0.25) is 4.72 Å². The van der Waals surface area contributed by atoms with Gasteiger partial charge in [0.25, 0.3) is 10.0 Å². The van der Waals surface area contributed by atoms with E-state index in [-0.39, 0.29) is 4.21 Å². The Kier molecular flexibility index (Phi) is 5.52. The monoisotopic (exact) mass is 416 g/mol. The molecule has 0 spiro atoms. The first kappa shape index (κ1) is 19.2. The van der Waals surface area contributed by atoms with Crippen LogP contribution in [0.25, 0.3) is 5.00 Å². The summed E-state index contributed by atoms with van der Waals surface area (Å²) in [6, 6.07) is 13.0. The molecule has 0 unspecified atom stereocenters. The predicted octanol–water partition coefficient (Wildman–Crippen LogP) is 3.93. The molecule has 1 aromatic carbocycles. The first-order valence-corrected chi connectivity index (χ1v) is 11.8. The van der Waals surface area contributed by atoms with Crippen molar-refractivity contribution in [1.82, 2.24) is 14.7 Å². The molecule has 0 aliphatic carbocycles. The molecule has 3 heterocycles. The molecule has 4 rings (SSSR count). The SMILES string of the molecule is CCCN1CC[C@@H](c2ccc(NS(=O)(=O)c3ccc(-n4cccn4)s3)cc2)C1. The molecule has 28 heavy (non-hydrogen) atoms. The number of thiophene rings is 1.